The number of aliphatic carboxylic acids is 1. The van der Waals surface area contributed by atoms with E-state index in [-0.39, 0.29) is 80.8 Å². The zero-order valence-corrected chi connectivity index (χ0v) is 30.6. The number of hydrogen-bond acceptors (Lipinski definition) is 10. The Morgan fingerprint density at radius 2 is 1.96 bits per heavy atom. The largest absolute Gasteiger partial charge is 0.493 e. The van der Waals surface area contributed by atoms with Crippen LogP contribution < -0.4 is 31.6 Å². The third kappa shape index (κ3) is 7.50. The molecule has 6 rings (SSSR count). The van der Waals surface area contributed by atoms with Crippen molar-refractivity contribution in [2.24, 2.45) is 34.2 Å². The van der Waals surface area contributed by atoms with Gasteiger partial charge in [0.2, 0.25) is 11.8 Å². The van der Waals surface area contributed by atoms with Crippen LogP contribution in [-0.2, 0) is 35.8 Å². The number of ketones is 1. The van der Waals surface area contributed by atoms with Crippen LogP contribution in [0, 0.1) is 17.8 Å². The van der Waals surface area contributed by atoms with Crippen molar-refractivity contribution in [3.8, 4) is 11.5 Å². The van der Waals surface area contributed by atoms with Crippen LogP contribution >= 0.6 is 0 Å². The van der Waals surface area contributed by atoms with E-state index in [4.69, 9.17) is 25.7 Å². The van der Waals surface area contributed by atoms with Gasteiger partial charge in [-0.25, -0.2) is 4.79 Å². The zero-order valence-electron chi connectivity index (χ0n) is 30.6. The maximum Gasteiger partial charge on any atom is 0.415 e. The summed E-state index contributed by atoms with van der Waals surface area (Å²) in [7, 11) is 3.78. The highest BCUT2D eigenvalue weighted by molar-refractivity contribution is 5.89. The van der Waals surface area contributed by atoms with Crippen LogP contribution in [0.5, 0.6) is 11.5 Å². The lowest BCUT2D eigenvalue weighted by atomic mass is 9.53. The van der Waals surface area contributed by atoms with E-state index >= 15 is 0 Å². The molecule has 53 heavy (non-hydrogen) atoms. The number of nitrogens with two attached hydrogens (primary N) is 2. The van der Waals surface area contributed by atoms with Crippen LogP contribution in [0.15, 0.2) is 29.0 Å². The first-order chi connectivity index (χ1) is 25.3. The minimum atomic E-state index is -0.980. The number of Topliss-reactive ketones (excluding diaryl/α,β-unsaturated/α-hetero) is 1. The van der Waals surface area contributed by atoms with Crippen molar-refractivity contribution in [3.05, 3.63) is 35.1 Å². The number of amides is 3. The van der Waals surface area contributed by atoms with Gasteiger partial charge < -0.3 is 51.2 Å². The molecule has 3 heterocycles. The molecule has 7 N–H and O–H groups in total. The predicted molar refractivity (Wildman–Crippen MR) is 192 cm³/mol. The lowest BCUT2D eigenvalue weighted by Crippen LogP contribution is -2.63. The minimum absolute atomic E-state index is 0.0486. The van der Waals surface area contributed by atoms with Crippen molar-refractivity contribution in [2.75, 3.05) is 46.9 Å². The number of rotatable bonds is 14. The molecule has 3 amide bonds. The second kappa shape index (κ2) is 15.6. The molecule has 1 spiro atoms. The maximum atomic E-state index is 14.1. The fourth-order valence-electron chi connectivity index (χ4n) is 9.24. The first-order valence-electron chi connectivity index (χ1n) is 18.4. The molecule has 0 radical (unpaired) electrons. The summed E-state index contributed by atoms with van der Waals surface area (Å²) >= 11 is 0. The molecule has 16 nitrogen and oxygen atoms in total. The fraction of sp³-hybridized carbons (Fsp3) is 0.622. The standard InChI is InChI=1S/C37H51N7O9/c1-20(45)41-19-25(46)16-22(5-4-12-40-35(38)39)33(47)42-18-24-15-23(34(48)49)10-13-44(24)36(50)52-29-9-7-26-27-17-21-6-8-28(51-3)31-30(21)37(26,32(29)53-31)11-14-43(27)2/h6,8-9,22-24,26-27,32H,4-5,7,10-19H2,1-3H3,(H,41,45)(H,42,47)(H,48,49)(H4,38,39,40)/t22-,23?,24?,26?,27-,32-,37+/m1/s1. The number of piperidine rings is 2. The Balaban J connectivity index is 1.18. The molecular formula is C37H51N7O9. The van der Waals surface area contributed by atoms with Crippen molar-refractivity contribution in [2.45, 2.75) is 81.9 Å². The Morgan fingerprint density at radius 3 is 2.68 bits per heavy atom. The number of carboxylic acids is 1. The van der Waals surface area contributed by atoms with E-state index in [0.717, 1.165) is 24.9 Å². The Hall–Kier alpha value is -4.86. The van der Waals surface area contributed by atoms with Crippen LogP contribution in [0.4, 0.5) is 4.79 Å². The number of ether oxygens (including phenoxy) is 3. The summed E-state index contributed by atoms with van der Waals surface area (Å²) < 4.78 is 18.7. The van der Waals surface area contributed by atoms with Crippen LogP contribution in [0.2, 0.25) is 0 Å². The molecule has 2 aliphatic carbocycles. The van der Waals surface area contributed by atoms with E-state index in [0.29, 0.717) is 36.1 Å². The van der Waals surface area contributed by atoms with Gasteiger partial charge in [-0.2, -0.15) is 0 Å². The molecule has 2 bridgehead atoms. The van der Waals surface area contributed by atoms with Gasteiger partial charge in [-0.1, -0.05) is 6.07 Å². The second-order valence-electron chi connectivity index (χ2n) is 14.9. The number of carbonyl (C=O) groups is 5. The van der Waals surface area contributed by atoms with Crippen molar-refractivity contribution in [3.63, 3.8) is 0 Å². The number of likely N-dealkylation sites (N-methyl/N-ethyl adjacent to an activating group) is 1. The highest BCUT2D eigenvalue weighted by Gasteiger charge is 2.65. The van der Waals surface area contributed by atoms with Crippen LogP contribution in [-0.4, -0.2) is 116 Å². The van der Waals surface area contributed by atoms with Gasteiger partial charge in [-0.15, -0.1) is 0 Å². The van der Waals surface area contributed by atoms with Gasteiger partial charge in [0.05, 0.1) is 25.6 Å². The van der Waals surface area contributed by atoms with Crippen LogP contribution in [0.1, 0.15) is 63.0 Å². The van der Waals surface area contributed by atoms with Gasteiger partial charge in [0, 0.05) is 55.9 Å². The molecule has 0 aromatic heterocycles. The van der Waals surface area contributed by atoms with Crippen molar-refractivity contribution < 1.29 is 43.3 Å². The summed E-state index contributed by atoms with van der Waals surface area (Å²) in [6.07, 6.45) is 4.14. The number of allylic oxidation sites excluding steroid dienone is 1. The van der Waals surface area contributed by atoms with E-state index in [9.17, 15) is 29.1 Å². The molecule has 3 aliphatic heterocycles. The average Bonchev–Trinajstić information content (AvgIpc) is 3.48. The average molecular weight is 738 g/mol. The molecular weight excluding hydrogens is 686 g/mol. The summed E-state index contributed by atoms with van der Waals surface area (Å²) in [4.78, 5) is 71.6. The maximum absolute atomic E-state index is 14.1. The Bertz CT molecular complexity index is 1690. The third-order valence-corrected chi connectivity index (χ3v) is 11.8. The van der Waals surface area contributed by atoms with Crippen molar-refractivity contribution in [1.82, 2.24) is 20.4 Å². The topological polar surface area (TPSA) is 228 Å². The van der Waals surface area contributed by atoms with E-state index in [2.05, 4.69) is 33.6 Å². The zero-order chi connectivity index (χ0) is 38.0. The predicted octanol–water partition coefficient (Wildman–Crippen LogP) is 1.04. The first-order valence-corrected chi connectivity index (χ1v) is 18.4. The Morgan fingerprint density at radius 1 is 1.17 bits per heavy atom. The number of aliphatic imine (C=N–C) groups is 1. The summed E-state index contributed by atoms with van der Waals surface area (Å²) in [5, 5.41) is 15.2. The number of methoxy groups -OCH3 is 1. The van der Waals surface area contributed by atoms with Gasteiger partial charge in [0.15, 0.2) is 29.3 Å². The lowest BCUT2D eigenvalue weighted by Gasteiger charge is -2.56. The summed E-state index contributed by atoms with van der Waals surface area (Å²) in [5.74, 6) is -1.63. The summed E-state index contributed by atoms with van der Waals surface area (Å²) in [5.41, 5.74) is 12.9. The van der Waals surface area contributed by atoms with Gasteiger partial charge in [-0.05, 0) is 82.2 Å². The monoisotopic (exact) mass is 737 g/mol. The number of carboxylic acid groups (broad SMARTS) is 1. The molecule has 2 fully saturated rings. The van der Waals surface area contributed by atoms with Crippen molar-refractivity contribution in [1.29, 1.82) is 0 Å². The summed E-state index contributed by atoms with van der Waals surface area (Å²) in [6, 6.07) is 3.68. The number of carbonyl (C=O) groups excluding carboxylic acids is 4. The lowest BCUT2D eigenvalue weighted by molar-refractivity contribution is -0.144. The SMILES string of the molecule is COc1ccc2c3c1O[C@@H]1C(OC(=O)N4CCC(C(=O)O)CC4CNC(=O)[C@H](CCCN=C(N)N)CC(=O)CNC(C)=O)=CCC4[C@@H](C2)N(C)CC[C@@]341. The highest BCUT2D eigenvalue weighted by Crippen LogP contribution is 2.63. The molecule has 288 valence electrons. The molecule has 3 unspecified atom stereocenters. The van der Waals surface area contributed by atoms with Gasteiger partial charge in [0.1, 0.15) is 5.76 Å². The van der Waals surface area contributed by atoms with Gasteiger partial charge in [0.25, 0.3) is 0 Å². The fourth-order valence-corrected chi connectivity index (χ4v) is 9.24. The van der Waals surface area contributed by atoms with Crippen LogP contribution in [0.25, 0.3) is 0 Å². The molecule has 1 aromatic carbocycles. The Kier molecular flexibility index (Phi) is 11.2. The summed E-state index contributed by atoms with van der Waals surface area (Å²) in [6.45, 7) is 2.28. The number of guanidine groups is 1. The smallest absolute Gasteiger partial charge is 0.415 e. The second-order valence-corrected chi connectivity index (χ2v) is 14.9. The quantitative estimate of drug-likeness (QED) is 0.103. The van der Waals surface area contributed by atoms with E-state index in [1.807, 2.05) is 12.1 Å². The number of nitrogens with zero attached hydrogens (tertiary/aromatic N) is 3. The van der Waals surface area contributed by atoms with E-state index in [1.165, 1.54) is 17.4 Å². The Labute approximate surface area is 308 Å². The normalized spacial score (nSPS) is 27.3. The molecule has 0 saturated carbocycles. The molecule has 2 saturated heterocycles. The molecule has 1 aromatic rings. The van der Waals surface area contributed by atoms with Gasteiger partial charge in [-0.3, -0.25) is 24.2 Å². The first kappa shape index (κ1) is 37.9. The number of nitrogens with one attached hydrogen (secondary N) is 2. The van der Waals surface area contributed by atoms with Crippen LogP contribution in [0.3, 0.4) is 0 Å². The van der Waals surface area contributed by atoms with Gasteiger partial charge >= 0.3 is 12.1 Å². The third-order valence-electron chi connectivity index (χ3n) is 11.8. The molecule has 16 heteroatoms. The number of likely N-dealkylation sites (tertiary alicyclic amines) is 2. The van der Waals surface area contributed by atoms with E-state index < -0.39 is 42.0 Å². The van der Waals surface area contributed by atoms with E-state index in [1.54, 1.807) is 7.11 Å². The minimum Gasteiger partial charge on any atom is -0.493 e. The highest BCUT2D eigenvalue weighted by atomic mass is 16.6. The van der Waals surface area contributed by atoms with Crippen molar-refractivity contribution >= 4 is 35.6 Å². The number of benzene rings is 1. The molecule has 7 atom stereocenters. The number of hydrogen-bond donors (Lipinski definition) is 5. The molecule has 5 aliphatic rings.